The van der Waals surface area contributed by atoms with Crippen molar-refractivity contribution in [3.05, 3.63) is 29.3 Å². The van der Waals surface area contributed by atoms with Crippen LogP contribution in [0.3, 0.4) is 0 Å². The first-order valence-corrected chi connectivity index (χ1v) is 9.90. The second-order valence-electron chi connectivity index (χ2n) is 7.65. The number of rotatable bonds is 5. The van der Waals surface area contributed by atoms with Crippen LogP contribution in [-0.2, 0) is 4.79 Å². The normalized spacial score (nSPS) is 18.6. The van der Waals surface area contributed by atoms with E-state index >= 15 is 0 Å². The van der Waals surface area contributed by atoms with Crippen LogP contribution in [0.5, 0.6) is 0 Å². The van der Waals surface area contributed by atoms with Crippen LogP contribution in [0, 0.1) is 18.3 Å². The van der Waals surface area contributed by atoms with Crippen LogP contribution in [0.25, 0.3) is 0 Å². The molecule has 0 aromatic heterocycles. The van der Waals surface area contributed by atoms with Crippen molar-refractivity contribution in [2.24, 2.45) is 0 Å². The van der Waals surface area contributed by atoms with Crippen molar-refractivity contribution in [1.29, 1.82) is 5.26 Å². The fourth-order valence-electron chi connectivity index (χ4n) is 4.07. The minimum Gasteiger partial charge on any atom is -0.375 e. The van der Waals surface area contributed by atoms with Crippen molar-refractivity contribution in [2.45, 2.75) is 57.4 Å². The van der Waals surface area contributed by atoms with Crippen molar-refractivity contribution >= 4 is 17.5 Å². The number of likely N-dealkylation sites (tertiary alicyclic amines) is 1. The number of aryl methyl sites for hydroxylation is 1. The van der Waals surface area contributed by atoms with Crippen LogP contribution < -0.4 is 10.6 Å². The lowest BCUT2D eigenvalue weighted by Crippen LogP contribution is -2.50. The largest absolute Gasteiger partial charge is 0.375 e. The third kappa shape index (κ3) is 4.41. The highest BCUT2D eigenvalue weighted by atomic mass is 16.2. The van der Waals surface area contributed by atoms with Gasteiger partial charge in [0.25, 0.3) is 5.91 Å². The second-order valence-corrected chi connectivity index (χ2v) is 7.65. The number of nitrogens with zero attached hydrogens (tertiary/aromatic N) is 2. The Morgan fingerprint density at radius 1 is 1.15 bits per heavy atom. The Hall–Kier alpha value is -2.55. The van der Waals surface area contributed by atoms with E-state index in [1.54, 1.807) is 0 Å². The Morgan fingerprint density at radius 2 is 1.85 bits per heavy atom. The molecule has 2 amide bonds. The van der Waals surface area contributed by atoms with E-state index in [9.17, 15) is 14.9 Å². The van der Waals surface area contributed by atoms with E-state index in [0.717, 1.165) is 50.8 Å². The second kappa shape index (κ2) is 8.43. The van der Waals surface area contributed by atoms with Crippen molar-refractivity contribution < 1.29 is 9.59 Å². The maximum Gasteiger partial charge on any atom is 0.255 e. The topological polar surface area (TPSA) is 85.2 Å². The number of anilines is 1. The van der Waals surface area contributed by atoms with E-state index in [1.807, 2.05) is 30.0 Å². The van der Waals surface area contributed by atoms with Gasteiger partial charge < -0.3 is 15.5 Å². The monoisotopic (exact) mass is 368 g/mol. The molecule has 144 valence electrons. The number of benzene rings is 1. The molecule has 0 spiro atoms. The standard InChI is InChI=1S/C21H28N4O2/c1-16-8-7-9-17(20(27)25-12-5-6-13-25)19(16)23-14-18(26)24-21(15-22)10-3-2-4-11-21/h7-9,23H,2-6,10-14H2,1H3,(H,24,26). The molecule has 0 atom stereocenters. The van der Waals surface area contributed by atoms with Gasteiger partial charge in [0.15, 0.2) is 0 Å². The van der Waals surface area contributed by atoms with Crippen LogP contribution in [0.2, 0.25) is 0 Å². The number of hydrogen-bond donors (Lipinski definition) is 2. The highest BCUT2D eigenvalue weighted by molar-refractivity contribution is 6.01. The summed E-state index contributed by atoms with van der Waals surface area (Å²) >= 11 is 0. The molecule has 0 radical (unpaired) electrons. The van der Waals surface area contributed by atoms with E-state index < -0.39 is 5.54 Å². The van der Waals surface area contributed by atoms with Gasteiger partial charge in [-0.3, -0.25) is 9.59 Å². The molecule has 1 saturated heterocycles. The molecular formula is C21H28N4O2. The Morgan fingerprint density at radius 3 is 2.52 bits per heavy atom. The van der Waals surface area contributed by atoms with Gasteiger partial charge >= 0.3 is 0 Å². The number of carbonyl (C=O) groups excluding carboxylic acids is 2. The molecule has 27 heavy (non-hydrogen) atoms. The molecule has 1 aromatic carbocycles. The number of nitriles is 1. The molecule has 2 fully saturated rings. The third-order valence-electron chi connectivity index (χ3n) is 5.62. The number of hydrogen-bond acceptors (Lipinski definition) is 4. The first-order chi connectivity index (χ1) is 13.0. The molecule has 6 nitrogen and oxygen atoms in total. The number of nitrogens with one attached hydrogen (secondary N) is 2. The van der Waals surface area contributed by atoms with Gasteiger partial charge in [0, 0.05) is 13.1 Å². The van der Waals surface area contributed by atoms with Crippen molar-refractivity contribution in [3.63, 3.8) is 0 Å². The average Bonchev–Trinajstić information content (AvgIpc) is 3.22. The van der Waals surface area contributed by atoms with Gasteiger partial charge in [-0.2, -0.15) is 5.26 Å². The first-order valence-electron chi connectivity index (χ1n) is 9.90. The van der Waals surface area contributed by atoms with Crippen molar-refractivity contribution in [2.75, 3.05) is 25.0 Å². The zero-order valence-corrected chi connectivity index (χ0v) is 16.0. The number of carbonyl (C=O) groups is 2. The van der Waals surface area contributed by atoms with Gasteiger partial charge in [-0.15, -0.1) is 0 Å². The van der Waals surface area contributed by atoms with Gasteiger partial charge in [-0.1, -0.05) is 31.4 Å². The van der Waals surface area contributed by atoms with E-state index in [1.165, 1.54) is 0 Å². The van der Waals surface area contributed by atoms with Crippen LogP contribution in [0.15, 0.2) is 18.2 Å². The summed E-state index contributed by atoms with van der Waals surface area (Å²) in [6, 6.07) is 7.92. The molecule has 6 heteroatoms. The van der Waals surface area contributed by atoms with Gasteiger partial charge in [0.2, 0.25) is 5.91 Å². The van der Waals surface area contributed by atoms with Gasteiger partial charge in [-0.05, 0) is 44.2 Å². The molecule has 0 unspecified atom stereocenters. The quantitative estimate of drug-likeness (QED) is 0.837. The highest BCUT2D eigenvalue weighted by Gasteiger charge is 2.33. The lowest BCUT2D eigenvalue weighted by Gasteiger charge is -2.31. The van der Waals surface area contributed by atoms with Crippen LogP contribution in [0.1, 0.15) is 60.9 Å². The summed E-state index contributed by atoms with van der Waals surface area (Å²) in [6.07, 6.45) is 6.54. The van der Waals surface area contributed by atoms with Crippen molar-refractivity contribution in [3.8, 4) is 6.07 Å². The first kappa shape index (κ1) is 19.2. The SMILES string of the molecule is Cc1cccc(C(=O)N2CCCC2)c1NCC(=O)NC1(C#N)CCCCC1. The molecule has 2 N–H and O–H groups in total. The summed E-state index contributed by atoms with van der Waals surface area (Å²) in [5.74, 6) is -0.193. The lowest BCUT2D eigenvalue weighted by atomic mass is 9.83. The molecular weight excluding hydrogens is 340 g/mol. The molecule has 1 heterocycles. The molecule has 1 aromatic rings. The fourth-order valence-corrected chi connectivity index (χ4v) is 4.07. The molecule has 1 aliphatic heterocycles. The Labute approximate surface area is 160 Å². The summed E-state index contributed by atoms with van der Waals surface area (Å²) in [7, 11) is 0. The summed E-state index contributed by atoms with van der Waals surface area (Å²) in [4.78, 5) is 27.2. The average molecular weight is 368 g/mol. The third-order valence-corrected chi connectivity index (χ3v) is 5.62. The molecule has 1 aliphatic carbocycles. The zero-order valence-electron chi connectivity index (χ0n) is 16.0. The Balaban J connectivity index is 1.67. The molecule has 3 rings (SSSR count). The number of para-hydroxylation sites is 1. The van der Waals surface area contributed by atoms with Crippen LogP contribution >= 0.6 is 0 Å². The minimum absolute atomic E-state index is 0.0138. The Bertz CT molecular complexity index is 741. The lowest BCUT2D eigenvalue weighted by molar-refractivity contribution is -0.121. The molecule has 1 saturated carbocycles. The smallest absolute Gasteiger partial charge is 0.255 e. The maximum atomic E-state index is 12.8. The minimum atomic E-state index is -0.739. The van der Waals surface area contributed by atoms with E-state index in [0.29, 0.717) is 24.1 Å². The molecule has 0 bridgehead atoms. The fraction of sp³-hybridized carbons (Fsp3) is 0.571. The summed E-state index contributed by atoms with van der Waals surface area (Å²) in [5.41, 5.74) is 1.51. The van der Waals surface area contributed by atoms with E-state index in [-0.39, 0.29) is 18.4 Å². The van der Waals surface area contributed by atoms with Gasteiger partial charge in [0.1, 0.15) is 5.54 Å². The van der Waals surface area contributed by atoms with Crippen LogP contribution in [0.4, 0.5) is 5.69 Å². The number of amides is 2. The molecule has 2 aliphatic rings. The zero-order chi connectivity index (χ0) is 19.3. The summed E-state index contributed by atoms with van der Waals surface area (Å²) in [6.45, 7) is 3.56. The van der Waals surface area contributed by atoms with Crippen LogP contribution in [-0.4, -0.2) is 41.9 Å². The predicted molar refractivity (Wildman–Crippen MR) is 104 cm³/mol. The van der Waals surface area contributed by atoms with E-state index in [4.69, 9.17) is 0 Å². The Kier molecular flexibility index (Phi) is 6.00. The van der Waals surface area contributed by atoms with Gasteiger partial charge in [0.05, 0.1) is 23.9 Å². The highest BCUT2D eigenvalue weighted by Crippen LogP contribution is 2.28. The summed E-state index contributed by atoms with van der Waals surface area (Å²) < 4.78 is 0. The van der Waals surface area contributed by atoms with Gasteiger partial charge in [-0.25, -0.2) is 0 Å². The van der Waals surface area contributed by atoms with Crippen molar-refractivity contribution in [1.82, 2.24) is 10.2 Å². The maximum absolute atomic E-state index is 12.8. The predicted octanol–water partition coefficient (Wildman–Crippen LogP) is 2.99. The van der Waals surface area contributed by atoms with E-state index in [2.05, 4.69) is 16.7 Å². The summed E-state index contributed by atoms with van der Waals surface area (Å²) in [5, 5.41) is 15.6.